The Hall–Kier alpha value is -2.32. The highest BCUT2D eigenvalue weighted by molar-refractivity contribution is 7.89. The lowest BCUT2D eigenvalue weighted by Gasteiger charge is -2.26. The lowest BCUT2D eigenvalue weighted by molar-refractivity contribution is 0.0988. The summed E-state index contributed by atoms with van der Waals surface area (Å²) in [6.07, 6.45) is 2.40. The largest absolute Gasteiger partial charge is 0.309 e. The molecule has 2 aromatic rings. The van der Waals surface area contributed by atoms with Gasteiger partial charge in [0.15, 0.2) is 0 Å². The Labute approximate surface area is 163 Å². The molecule has 0 bridgehead atoms. The van der Waals surface area contributed by atoms with Crippen molar-refractivity contribution in [1.29, 1.82) is 0 Å². The zero-order chi connectivity index (χ0) is 20.3. The third-order valence-corrected chi connectivity index (χ3v) is 6.72. The molecule has 1 fully saturated rings. The highest BCUT2D eigenvalue weighted by Crippen LogP contribution is 2.25. The number of rotatable bonds is 5. The van der Waals surface area contributed by atoms with Gasteiger partial charge in [0.1, 0.15) is 16.5 Å². The van der Waals surface area contributed by atoms with Crippen molar-refractivity contribution < 1.29 is 22.0 Å². The van der Waals surface area contributed by atoms with Crippen molar-refractivity contribution in [2.24, 2.45) is 0 Å². The van der Waals surface area contributed by atoms with Crippen LogP contribution in [0.1, 0.15) is 36.5 Å². The summed E-state index contributed by atoms with van der Waals surface area (Å²) in [7, 11) is -4.01. The van der Waals surface area contributed by atoms with Gasteiger partial charge in [0, 0.05) is 30.9 Å². The van der Waals surface area contributed by atoms with E-state index in [-0.39, 0.29) is 12.1 Å². The van der Waals surface area contributed by atoms with E-state index in [4.69, 9.17) is 0 Å². The summed E-state index contributed by atoms with van der Waals surface area (Å²) in [4.78, 5) is 13.8. The number of anilines is 1. The van der Waals surface area contributed by atoms with Crippen LogP contribution in [0.2, 0.25) is 0 Å². The molecule has 0 aliphatic carbocycles. The van der Waals surface area contributed by atoms with Crippen LogP contribution < -0.4 is 4.90 Å². The van der Waals surface area contributed by atoms with Gasteiger partial charge in [-0.05, 0) is 62.2 Å². The Bertz CT molecular complexity index is 956. The number of halogens is 2. The van der Waals surface area contributed by atoms with Gasteiger partial charge in [0.2, 0.25) is 10.0 Å². The molecule has 1 amide bonds. The minimum absolute atomic E-state index is 0.0585. The van der Waals surface area contributed by atoms with E-state index in [1.165, 1.54) is 39.5 Å². The van der Waals surface area contributed by atoms with Gasteiger partial charge >= 0.3 is 0 Å². The van der Waals surface area contributed by atoms with Crippen LogP contribution in [0, 0.1) is 11.6 Å². The summed E-state index contributed by atoms with van der Waals surface area (Å²) >= 11 is 0. The average molecular weight is 408 g/mol. The first-order chi connectivity index (χ1) is 13.3. The van der Waals surface area contributed by atoms with Gasteiger partial charge in [-0.3, -0.25) is 4.79 Å². The monoisotopic (exact) mass is 408 g/mol. The van der Waals surface area contributed by atoms with Crippen molar-refractivity contribution in [2.75, 3.05) is 24.5 Å². The maximum Gasteiger partial charge on any atom is 0.258 e. The fourth-order valence-corrected chi connectivity index (χ4v) is 4.91. The minimum atomic E-state index is -4.01. The van der Waals surface area contributed by atoms with Crippen LogP contribution in [0.4, 0.5) is 14.5 Å². The molecule has 1 heterocycles. The number of piperidine rings is 1. The molecule has 8 heteroatoms. The van der Waals surface area contributed by atoms with Crippen molar-refractivity contribution in [3.8, 4) is 0 Å². The van der Waals surface area contributed by atoms with Crippen molar-refractivity contribution in [3.05, 3.63) is 59.7 Å². The molecule has 0 atom stereocenters. The Balaban J connectivity index is 1.95. The zero-order valence-electron chi connectivity index (χ0n) is 15.6. The van der Waals surface area contributed by atoms with E-state index in [0.29, 0.717) is 18.8 Å². The molecule has 0 N–H and O–H groups in total. The van der Waals surface area contributed by atoms with Gasteiger partial charge < -0.3 is 4.90 Å². The molecule has 0 radical (unpaired) electrons. The molecular weight excluding hydrogens is 386 g/mol. The van der Waals surface area contributed by atoms with Crippen molar-refractivity contribution in [1.82, 2.24) is 4.31 Å². The second-order valence-electron chi connectivity index (χ2n) is 6.64. The molecule has 1 aliphatic rings. The van der Waals surface area contributed by atoms with Gasteiger partial charge in [-0.2, -0.15) is 4.31 Å². The van der Waals surface area contributed by atoms with Gasteiger partial charge in [0.25, 0.3) is 5.91 Å². The first-order valence-electron chi connectivity index (χ1n) is 9.21. The van der Waals surface area contributed by atoms with Crippen molar-refractivity contribution in [2.45, 2.75) is 31.1 Å². The summed E-state index contributed by atoms with van der Waals surface area (Å²) < 4.78 is 54.5. The highest BCUT2D eigenvalue weighted by Gasteiger charge is 2.30. The Kier molecular flexibility index (Phi) is 6.10. The van der Waals surface area contributed by atoms with Gasteiger partial charge in [-0.25, -0.2) is 17.2 Å². The second kappa shape index (κ2) is 8.36. The van der Waals surface area contributed by atoms with E-state index >= 15 is 0 Å². The molecule has 2 aromatic carbocycles. The smallest absolute Gasteiger partial charge is 0.258 e. The normalized spacial score (nSPS) is 15.4. The van der Waals surface area contributed by atoms with Crippen molar-refractivity contribution in [3.63, 3.8) is 0 Å². The molecule has 0 spiro atoms. The van der Waals surface area contributed by atoms with Gasteiger partial charge in [-0.15, -0.1) is 0 Å². The van der Waals surface area contributed by atoms with Crippen LogP contribution in [-0.4, -0.2) is 38.3 Å². The number of hydrogen-bond donors (Lipinski definition) is 0. The van der Waals surface area contributed by atoms with E-state index in [9.17, 15) is 22.0 Å². The standard InChI is InChI=1S/C20H22F2N2O3S/c1-2-24(17-9-7-16(21)8-10-17)20(25)15-6-11-18(22)19(14-15)28(26,27)23-12-4-3-5-13-23/h6-11,14H,2-5,12-13H2,1H3. The fraction of sp³-hybridized carbons (Fsp3) is 0.350. The second-order valence-corrected chi connectivity index (χ2v) is 8.54. The van der Waals surface area contributed by atoms with E-state index in [2.05, 4.69) is 0 Å². The molecular formula is C20H22F2N2O3S. The van der Waals surface area contributed by atoms with E-state index < -0.39 is 32.5 Å². The molecule has 0 saturated carbocycles. The Morgan fingerprint density at radius 2 is 1.68 bits per heavy atom. The van der Waals surface area contributed by atoms with Crippen LogP contribution >= 0.6 is 0 Å². The molecule has 0 aromatic heterocycles. The molecule has 5 nitrogen and oxygen atoms in total. The third-order valence-electron chi connectivity index (χ3n) is 4.81. The predicted octanol–water partition coefficient (Wildman–Crippen LogP) is 3.81. The van der Waals surface area contributed by atoms with E-state index in [0.717, 1.165) is 31.4 Å². The zero-order valence-corrected chi connectivity index (χ0v) is 16.4. The number of benzene rings is 2. The van der Waals surface area contributed by atoms with E-state index in [1.54, 1.807) is 6.92 Å². The number of sulfonamides is 1. The van der Waals surface area contributed by atoms with Gasteiger partial charge in [0.05, 0.1) is 0 Å². The molecule has 28 heavy (non-hydrogen) atoms. The summed E-state index contributed by atoms with van der Waals surface area (Å²) in [6, 6.07) is 8.76. The van der Waals surface area contributed by atoms with Crippen LogP contribution in [-0.2, 0) is 10.0 Å². The molecule has 1 aliphatic heterocycles. The quantitative estimate of drug-likeness (QED) is 0.756. The van der Waals surface area contributed by atoms with Crippen LogP contribution in [0.3, 0.4) is 0 Å². The number of amides is 1. The average Bonchev–Trinajstić information content (AvgIpc) is 2.70. The first kappa shape index (κ1) is 20.4. The topological polar surface area (TPSA) is 57.7 Å². The summed E-state index contributed by atoms with van der Waals surface area (Å²) in [5.74, 6) is -1.79. The third kappa shape index (κ3) is 4.07. The first-order valence-corrected chi connectivity index (χ1v) is 10.7. The molecule has 0 unspecified atom stereocenters. The highest BCUT2D eigenvalue weighted by atomic mass is 32.2. The summed E-state index contributed by atoms with van der Waals surface area (Å²) in [5, 5.41) is 0. The van der Waals surface area contributed by atoms with Gasteiger partial charge in [-0.1, -0.05) is 6.42 Å². The predicted molar refractivity (Wildman–Crippen MR) is 103 cm³/mol. The minimum Gasteiger partial charge on any atom is -0.309 e. The molecule has 1 saturated heterocycles. The lowest BCUT2D eigenvalue weighted by Crippen LogP contribution is -2.36. The number of carbonyl (C=O) groups is 1. The number of hydrogen-bond acceptors (Lipinski definition) is 3. The maximum atomic E-state index is 14.4. The SMILES string of the molecule is CCN(C(=O)c1ccc(F)c(S(=O)(=O)N2CCCCC2)c1)c1ccc(F)cc1. The van der Waals surface area contributed by atoms with Crippen LogP contribution in [0.25, 0.3) is 0 Å². The van der Waals surface area contributed by atoms with Crippen LogP contribution in [0.5, 0.6) is 0 Å². The number of nitrogens with zero attached hydrogens (tertiary/aromatic N) is 2. The Morgan fingerprint density at radius 1 is 1.04 bits per heavy atom. The number of carbonyl (C=O) groups excluding carboxylic acids is 1. The van der Waals surface area contributed by atoms with Crippen LogP contribution in [0.15, 0.2) is 47.4 Å². The summed E-state index contributed by atoms with van der Waals surface area (Å²) in [6.45, 7) is 2.72. The fourth-order valence-electron chi connectivity index (χ4n) is 3.30. The maximum absolute atomic E-state index is 14.4. The lowest BCUT2D eigenvalue weighted by atomic mass is 10.1. The molecule has 150 valence electrons. The Morgan fingerprint density at radius 3 is 2.29 bits per heavy atom. The molecule has 3 rings (SSSR count). The summed E-state index contributed by atoms with van der Waals surface area (Å²) in [5.41, 5.74) is 0.529. The van der Waals surface area contributed by atoms with Crippen molar-refractivity contribution >= 4 is 21.6 Å². The van der Waals surface area contributed by atoms with E-state index in [1.807, 2.05) is 0 Å².